The van der Waals surface area contributed by atoms with E-state index in [4.69, 9.17) is 11.6 Å². The molecule has 4 aromatic rings. The van der Waals surface area contributed by atoms with Gasteiger partial charge in [0.05, 0.1) is 33.2 Å². The van der Waals surface area contributed by atoms with Crippen molar-refractivity contribution in [3.8, 4) is 11.1 Å². The molecular formula is C22H18ClN3O5S. The Morgan fingerprint density at radius 2 is 1.59 bits per heavy atom. The molecule has 0 saturated heterocycles. The van der Waals surface area contributed by atoms with E-state index in [1.165, 1.54) is 18.2 Å². The highest BCUT2D eigenvalue weighted by Crippen LogP contribution is 2.33. The molecule has 32 heavy (non-hydrogen) atoms. The minimum absolute atomic E-state index is 0.0569. The molecule has 1 aromatic heterocycles. The van der Waals surface area contributed by atoms with Gasteiger partial charge in [0.15, 0.2) is 0 Å². The molecule has 0 bridgehead atoms. The highest BCUT2D eigenvalue weighted by molar-refractivity contribution is 7.92. The third-order valence-electron chi connectivity index (χ3n) is 5.01. The lowest BCUT2D eigenvalue weighted by atomic mass is 10.00. The summed E-state index contributed by atoms with van der Waals surface area (Å²) in [6.07, 6.45) is 0. The van der Waals surface area contributed by atoms with Crippen molar-refractivity contribution in [1.82, 2.24) is 9.97 Å². The van der Waals surface area contributed by atoms with Crippen molar-refractivity contribution >= 4 is 38.3 Å². The lowest BCUT2D eigenvalue weighted by Gasteiger charge is -2.14. The van der Waals surface area contributed by atoms with Gasteiger partial charge in [0.1, 0.15) is 0 Å². The number of halogens is 1. The van der Waals surface area contributed by atoms with E-state index < -0.39 is 21.1 Å². The summed E-state index contributed by atoms with van der Waals surface area (Å²) in [5.41, 5.74) is 1.55. The Morgan fingerprint density at radius 1 is 0.938 bits per heavy atom. The van der Waals surface area contributed by atoms with E-state index in [9.17, 15) is 23.1 Å². The number of H-pyrrole nitrogens is 2. The zero-order valence-corrected chi connectivity index (χ0v) is 18.3. The Balaban J connectivity index is 1.72. The second kappa shape index (κ2) is 8.27. The van der Waals surface area contributed by atoms with E-state index in [1.807, 2.05) is 12.1 Å². The topological polar surface area (TPSA) is 132 Å². The van der Waals surface area contributed by atoms with Crippen LogP contribution < -0.4 is 15.8 Å². The Hall–Kier alpha value is -3.40. The van der Waals surface area contributed by atoms with Crippen molar-refractivity contribution in [2.75, 3.05) is 4.72 Å². The average Bonchev–Trinajstić information content (AvgIpc) is 2.74. The third kappa shape index (κ3) is 4.05. The number of aryl methyl sites for hydroxylation is 1. The number of hydrogen-bond donors (Lipinski definition) is 4. The highest BCUT2D eigenvalue weighted by atomic mass is 35.5. The first-order chi connectivity index (χ1) is 15.2. The minimum Gasteiger partial charge on any atom is -0.392 e. The summed E-state index contributed by atoms with van der Waals surface area (Å²) in [5, 5.41) is 9.87. The predicted octanol–water partition coefficient (Wildman–Crippen LogP) is 3.14. The average molecular weight is 472 g/mol. The fourth-order valence-corrected chi connectivity index (χ4v) is 5.06. The first kappa shape index (κ1) is 21.8. The van der Waals surface area contributed by atoms with Crippen LogP contribution >= 0.6 is 11.6 Å². The van der Waals surface area contributed by atoms with Gasteiger partial charge in [-0.2, -0.15) is 0 Å². The van der Waals surface area contributed by atoms with Crippen LogP contribution in [0.2, 0.25) is 5.02 Å². The zero-order chi connectivity index (χ0) is 23.0. The molecule has 0 unspecified atom stereocenters. The maximum absolute atomic E-state index is 13.0. The number of aromatic nitrogens is 2. The minimum atomic E-state index is -4.03. The van der Waals surface area contributed by atoms with Crippen LogP contribution in [0.4, 0.5) is 5.69 Å². The number of rotatable bonds is 5. The number of anilines is 1. The van der Waals surface area contributed by atoms with Gasteiger partial charge in [0.25, 0.3) is 10.0 Å². The molecule has 0 fully saturated rings. The monoisotopic (exact) mass is 471 g/mol. The standard InChI is InChI=1S/C22H18ClN3O5S/c1-12-8-18-19(25-22(29)21(28)24-18)10-20(12)32(30,31)26-14-6-7-16(17(23)9-14)15-5-3-2-4-13(15)11-27/h2-10,26-27H,11H2,1H3,(H,24,28)(H,25,29). The number of sulfonamides is 1. The summed E-state index contributed by atoms with van der Waals surface area (Å²) in [6, 6.07) is 14.7. The first-order valence-electron chi connectivity index (χ1n) is 9.48. The van der Waals surface area contributed by atoms with Crippen LogP contribution in [0.15, 0.2) is 69.1 Å². The van der Waals surface area contributed by atoms with Crippen molar-refractivity contribution < 1.29 is 13.5 Å². The molecule has 1 heterocycles. The van der Waals surface area contributed by atoms with Gasteiger partial charge in [0.2, 0.25) is 0 Å². The van der Waals surface area contributed by atoms with Crippen LogP contribution in [0.5, 0.6) is 0 Å². The second-order valence-electron chi connectivity index (χ2n) is 7.19. The summed E-state index contributed by atoms with van der Waals surface area (Å²) in [5.74, 6) is 0. The molecule has 0 radical (unpaired) electrons. The van der Waals surface area contributed by atoms with E-state index in [2.05, 4.69) is 14.7 Å². The number of aliphatic hydroxyl groups excluding tert-OH is 1. The summed E-state index contributed by atoms with van der Waals surface area (Å²) in [4.78, 5) is 27.9. The van der Waals surface area contributed by atoms with Crippen LogP contribution in [0.25, 0.3) is 22.2 Å². The van der Waals surface area contributed by atoms with Gasteiger partial charge >= 0.3 is 11.1 Å². The molecule has 164 valence electrons. The molecule has 0 aliphatic heterocycles. The number of nitrogens with one attached hydrogen (secondary N) is 3. The Morgan fingerprint density at radius 3 is 2.25 bits per heavy atom. The van der Waals surface area contributed by atoms with Crippen molar-refractivity contribution in [2.45, 2.75) is 18.4 Å². The third-order valence-corrected chi connectivity index (χ3v) is 6.84. The number of hydrogen-bond acceptors (Lipinski definition) is 5. The number of aromatic amines is 2. The van der Waals surface area contributed by atoms with Gasteiger partial charge in [-0.15, -0.1) is 0 Å². The smallest absolute Gasteiger partial charge is 0.314 e. The molecule has 0 spiro atoms. The number of aliphatic hydroxyl groups is 1. The molecule has 3 aromatic carbocycles. The van der Waals surface area contributed by atoms with Crippen molar-refractivity contribution in [3.05, 3.63) is 91.5 Å². The van der Waals surface area contributed by atoms with Gasteiger partial charge in [-0.25, -0.2) is 8.42 Å². The van der Waals surface area contributed by atoms with E-state index in [-0.39, 0.29) is 22.7 Å². The zero-order valence-electron chi connectivity index (χ0n) is 16.8. The SMILES string of the molecule is Cc1cc2[nH]c(=O)c(=O)[nH]c2cc1S(=O)(=O)Nc1ccc(-c2ccccc2CO)c(Cl)c1. The van der Waals surface area contributed by atoms with Crippen molar-refractivity contribution in [1.29, 1.82) is 0 Å². The quantitative estimate of drug-likeness (QED) is 0.332. The van der Waals surface area contributed by atoms with Crippen LogP contribution in [-0.4, -0.2) is 23.5 Å². The Bertz CT molecular complexity index is 1580. The molecule has 0 saturated carbocycles. The summed E-state index contributed by atoms with van der Waals surface area (Å²) >= 11 is 6.42. The first-order valence-corrected chi connectivity index (χ1v) is 11.3. The number of fused-ring (bicyclic) bond motifs is 1. The molecule has 0 atom stereocenters. The van der Waals surface area contributed by atoms with Crippen molar-refractivity contribution in [3.63, 3.8) is 0 Å². The maximum atomic E-state index is 13.0. The lowest BCUT2D eigenvalue weighted by Crippen LogP contribution is -2.29. The Kier molecular flexibility index (Phi) is 5.64. The van der Waals surface area contributed by atoms with Gasteiger partial charge in [-0.3, -0.25) is 14.3 Å². The second-order valence-corrected chi connectivity index (χ2v) is 9.24. The molecule has 10 heteroatoms. The molecule has 8 nitrogen and oxygen atoms in total. The molecular weight excluding hydrogens is 454 g/mol. The van der Waals surface area contributed by atoms with Crippen molar-refractivity contribution in [2.24, 2.45) is 0 Å². The van der Waals surface area contributed by atoms with Crippen LogP contribution in [-0.2, 0) is 16.6 Å². The van der Waals surface area contributed by atoms with Gasteiger partial charge in [-0.1, -0.05) is 41.9 Å². The summed E-state index contributed by atoms with van der Waals surface area (Å²) < 4.78 is 28.6. The highest BCUT2D eigenvalue weighted by Gasteiger charge is 2.19. The molecule has 4 N–H and O–H groups in total. The predicted molar refractivity (Wildman–Crippen MR) is 124 cm³/mol. The molecule has 4 rings (SSSR count). The Labute approximate surface area is 187 Å². The van der Waals surface area contributed by atoms with E-state index >= 15 is 0 Å². The fourth-order valence-electron chi connectivity index (χ4n) is 3.47. The van der Waals surface area contributed by atoms with E-state index in [0.717, 1.165) is 5.56 Å². The normalized spacial score (nSPS) is 11.6. The van der Waals surface area contributed by atoms with Gasteiger partial charge in [0, 0.05) is 5.56 Å². The maximum Gasteiger partial charge on any atom is 0.314 e. The lowest BCUT2D eigenvalue weighted by molar-refractivity contribution is 0.282. The van der Waals surface area contributed by atoms with E-state index in [1.54, 1.807) is 31.2 Å². The van der Waals surface area contributed by atoms with Gasteiger partial charge in [-0.05, 0) is 47.9 Å². The van der Waals surface area contributed by atoms with Gasteiger partial charge < -0.3 is 15.1 Å². The number of benzene rings is 3. The molecule has 0 amide bonds. The fraction of sp³-hybridized carbons (Fsp3) is 0.0909. The van der Waals surface area contributed by atoms with Crippen LogP contribution in [0, 0.1) is 6.92 Å². The van der Waals surface area contributed by atoms with Crippen LogP contribution in [0.1, 0.15) is 11.1 Å². The summed E-state index contributed by atoms with van der Waals surface area (Å²) in [7, 11) is -4.03. The summed E-state index contributed by atoms with van der Waals surface area (Å²) in [6.45, 7) is 1.43. The molecule has 0 aliphatic carbocycles. The van der Waals surface area contributed by atoms with Crippen LogP contribution in [0.3, 0.4) is 0 Å². The largest absolute Gasteiger partial charge is 0.392 e. The molecule has 0 aliphatic rings. The van der Waals surface area contributed by atoms with E-state index in [0.29, 0.717) is 27.2 Å².